The van der Waals surface area contributed by atoms with Gasteiger partial charge in [0.05, 0.1) is 6.04 Å². The monoisotopic (exact) mass is 404 g/mol. The van der Waals surface area contributed by atoms with Crippen LogP contribution in [0.4, 0.5) is 4.79 Å². The Hall–Kier alpha value is -2.01. The third-order valence-corrected chi connectivity index (χ3v) is 5.72. The number of hydrogen-bond donors (Lipinski definition) is 1. The Kier molecular flexibility index (Phi) is 6.33. The fourth-order valence-electron chi connectivity index (χ4n) is 4.46. The first kappa shape index (κ1) is 20.7. The van der Waals surface area contributed by atoms with E-state index in [0.29, 0.717) is 6.42 Å². The molecule has 2 atom stereocenters. The predicted octanol–water partition coefficient (Wildman–Crippen LogP) is 5.41. The molecule has 2 heterocycles. The molecule has 2 aromatic rings. The lowest BCUT2D eigenvalue weighted by Gasteiger charge is -2.34. The highest BCUT2D eigenvalue weighted by Gasteiger charge is 2.54. The number of cyclic esters (lactones) is 1. The maximum atomic E-state index is 12.9. The van der Waals surface area contributed by atoms with Crippen molar-refractivity contribution in [1.29, 1.82) is 0 Å². The lowest BCUT2D eigenvalue weighted by atomic mass is 9.81. The molecule has 1 aliphatic rings. The third kappa shape index (κ3) is 3.90. The van der Waals surface area contributed by atoms with Gasteiger partial charge in [-0.25, -0.2) is 9.69 Å². The Morgan fingerprint density at radius 1 is 1.29 bits per heavy atom. The van der Waals surface area contributed by atoms with E-state index in [0.717, 1.165) is 42.1 Å². The van der Waals surface area contributed by atoms with E-state index in [1.165, 1.54) is 4.90 Å². The number of amides is 2. The summed E-state index contributed by atoms with van der Waals surface area (Å²) in [5.41, 5.74) is 1.49. The smallest absolute Gasteiger partial charge is 0.417 e. The second-order valence-electron chi connectivity index (χ2n) is 7.76. The zero-order valence-electron chi connectivity index (χ0n) is 16.8. The van der Waals surface area contributed by atoms with Crippen molar-refractivity contribution in [3.05, 3.63) is 36.0 Å². The summed E-state index contributed by atoms with van der Waals surface area (Å²) in [6.07, 6.45) is 5.36. The number of halogens is 1. The number of alkyl halides is 1. The van der Waals surface area contributed by atoms with E-state index in [4.69, 9.17) is 16.3 Å². The molecule has 0 unspecified atom stereocenters. The van der Waals surface area contributed by atoms with E-state index in [2.05, 4.69) is 24.9 Å². The van der Waals surface area contributed by atoms with Gasteiger partial charge >= 0.3 is 6.09 Å². The van der Waals surface area contributed by atoms with Gasteiger partial charge in [0.1, 0.15) is 5.60 Å². The van der Waals surface area contributed by atoms with Crippen molar-refractivity contribution in [3.8, 4) is 0 Å². The van der Waals surface area contributed by atoms with Gasteiger partial charge in [-0.3, -0.25) is 4.79 Å². The molecule has 0 bridgehead atoms. The number of para-hydroxylation sites is 1. The fourth-order valence-corrected chi connectivity index (χ4v) is 4.59. The molecule has 2 amide bonds. The summed E-state index contributed by atoms with van der Waals surface area (Å²) < 4.78 is 5.93. The van der Waals surface area contributed by atoms with E-state index < -0.39 is 11.7 Å². The van der Waals surface area contributed by atoms with E-state index >= 15 is 0 Å². The van der Waals surface area contributed by atoms with Gasteiger partial charge in [-0.05, 0) is 37.8 Å². The van der Waals surface area contributed by atoms with Crippen molar-refractivity contribution in [1.82, 2.24) is 9.88 Å². The Bertz CT molecular complexity index is 839. The Balaban J connectivity index is 2.01. The molecule has 5 nitrogen and oxygen atoms in total. The third-order valence-electron chi connectivity index (χ3n) is 5.57. The zero-order chi connectivity index (χ0) is 20.3. The highest BCUT2D eigenvalue weighted by Crippen LogP contribution is 2.40. The average molecular weight is 405 g/mol. The highest BCUT2D eigenvalue weighted by molar-refractivity contribution is 6.21. The van der Waals surface area contributed by atoms with E-state index in [9.17, 15) is 9.59 Å². The van der Waals surface area contributed by atoms with Gasteiger partial charge in [0.2, 0.25) is 5.91 Å². The van der Waals surface area contributed by atoms with Gasteiger partial charge in [-0.2, -0.15) is 0 Å². The van der Waals surface area contributed by atoms with Crippen molar-refractivity contribution < 1.29 is 14.3 Å². The van der Waals surface area contributed by atoms with Crippen LogP contribution < -0.4 is 0 Å². The minimum atomic E-state index is -0.649. The second kappa shape index (κ2) is 8.56. The van der Waals surface area contributed by atoms with Crippen LogP contribution in [0.3, 0.4) is 0 Å². The van der Waals surface area contributed by atoms with Gasteiger partial charge in [-0.15, -0.1) is 11.6 Å². The van der Waals surface area contributed by atoms with Gasteiger partial charge in [0.15, 0.2) is 0 Å². The molecule has 1 fully saturated rings. The van der Waals surface area contributed by atoms with Gasteiger partial charge in [-0.1, -0.05) is 44.9 Å². The first-order valence-corrected chi connectivity index (χ1v) is 10.6. The molecule has 6 heteroatoms. The molecule has 1 saturated heterocycles. The SMILES string of the molecule is CCCC1(CCC)OC(=O)N(C(=O)C[C@@H](C)Cl)[C@H]1Cc1c[nH]c2ccccc12. The van der Waals surface area contributed by atoms with Crippen LogP contribution >= 0.6 is 11.6 Å². The molecule has 0 saturated carbocycles. The summed E-state index contributed by atoms with van der Waals surface area (Å²) in [4.78, 5) is 30.3. The van der Waals surface area contributed by atoms with Crippen LogP contribution in [-0.4, -0.2) is 38.9 Å². The van der Waals surface area contributed by atoms with Crippen LogP contribution in [0.1, 0.15) is 58.4 Å². The molecule has 1 N–H and O–H groups in total. The number of ether oxygens (including phenoxy) is 1. The van der Waals surface area contributed by atoms with Crippen LogP contribution in [0.2, 0.25) is 0 Å². The summed E-state index contributed by atoms with van der Waals surface area (Å²) in [6, 6.07) is 7.74. The highest BCUT2D eigenvalue weighted by atomic mass is 35.5. The number of carbonyl (C=O) groups is 2. The molecule has 3 rings (SSSR count). The molecule has 0 spiro atoms. The Morgan fingerprint density at radius 3 is 2.61 bits per heavy atom. The molecule has 0 aliphatic carbocycles. The number of aromatic nitrogens is 1. The number of H-pyrrole nitrogens is 1. The molecule has 1 aromatic heterocycles. The number of benzene rings is 1. The standard InChI is InChI=1S/C22H29ClN2O3/c1-4-10-22(11-5-2)19(25(21(27)28-22)20(26)12-15(3)23)13-16-14-24-18-9-7-6-8-17(16)18/h6-9,14-15,19,24H,4-5,10-13H2,1-3H3/t15-,19+/m1/s1. The number of carbonyl (C=O) groups excluding carboxylic acids is 2. The number of nitrogens with zero attached hydrogens (tertiary/aromatic N) is 1. The summed E-state index contributed by atoms with van der Waals surface area (Å²) >= 11 is 6.06. The van der Waals surface area contributed by atoms with Crippen molar-refractivity contribution in [2.45, 2.75) is 76.3 Å². The molecule has 1 aliphatic heterocycles. The van der Waals surface area contributed by atoms with Gasteiger partial charge in [0.25, 0.3) is 0 Å². The van der Waals surface area contributed by atoms with Gasteiger partial charge < -0.3 is 9.72 Å². The van der Waals surface area contributed by atoms with E-state index in [1.807, 2.05) is 24.4 Å². The Labute approximate surface area is 171 Å². The first-order valence-electron chi connectivity index (χ1n) is 10.2. The largest absolute Gasteiger partial charge is 0.440 e. The maximum absolute atomic E-state index is 12.9. The van der Waals surface area contributed by atoms with Crippen LogP contribution in [0.5, 0.6) is 0 Å². The van der Waals surface area contributed by atoms with Crippen molar-refractivity contribution in [2.75, 3.05) is 0 Å². The number of fused-ring (bicyclic) bond motifs is 1. The van der Waals surface area contributed by atoms with Crippen LogP contribution in [-0.2, 0) is 16.0 Å². The quantitative estimate of drug-likeness (QED) is 0.598. The molecule has 1 aromatic carbocycles. The van der Waals surface area contributed by atoms with Crippen molar-refractivity contribution >= 4 is 34.5 Å². The second-order valence-corrected chi connectivity index (χ2v) is 8.51. The summed E-state index contributed by atoms with van der Waals surface area (Å²) in [5.74, 6) is -0.258. The topological polar surface area (TPSA) is 62.4 Å². The van der Waals surface area contributed by atoms with E-state index in [1.54, 1.807) is 6.92 Å². The van der Waals surface area contributed by atoms with Crippen LogP contribution in [0.15, 0.2) is 30.5 Å². The van der Waals surface area contributed by atoms with E-state index in [-0.39, 0.29) is 23.7 Å². The van der Waals surface area contributed by atoms with Crippen molar-refractivity contribution in [3.63, 3.8) is 0 Å². The molecule has 152 valence electrons. The number of rotatable bonds is 8. The molecular formula is C22H29ClN2O3. The fraction of sp³-hybridized carbons (Fsp3) is 0.545. The normalized spacial score (nSPS) is 19.8. The molecular weight excluding hydrogens is 376 g/mol. The van der Waals surface area contributed by atoms with Crippen LogP contribution in [0, 0.1) is 0 Å². The number of imide groups is 1. The predicted molar refractivity (Wildman–Crippen MR) is 112 cm³/mol. The number of hydrogen-bond acceptors (Lipinski definition) is 3. The number of nitrogens with one attached hydrogen (secondary N) is 1. The Morgan fingerprint density at radius 2 is 1.96 bits per heavy atom. The molecule has 28 heavy (non-hydrogen) atoms. The summed E-state index contributed by atoms with van der Waals surface area (Å²) in [6.45, 7) is 5.93. The summed E-state index contributed by atoms with van der Waals surface area (Å²) in [7, 11) is 0. The summed E-state index contributed by atoms with van der Waals surface area (Å²) in [5, 5.41) is 0.781. The lowest BCUT2D eigenvalue weighted by Crippen LogP contribution is -2.49. The average Bonchev–Trinajstić information content (AvgIpc) is 3.15. The minimum Gasteiger partial charge on any atom is -0.440 e. The zero-order valence-corrected chi connectivity index (χ0v) is 17.6. The lowest BCUT2D eigenvalue weighted by molar-refractivity contribution is -0.129. The van der Waals surface area contributed by atoms with Crippen LogP contribution in [0.25, 0.3) is 10.9 Å². The minimum absolute atomic E-state index is 0.120. The number of aromatic amines is 1. The molecule has 0 radical (unpaired) electrons. The van der Waals surface area contributed by atoms with Crippen molar-refractivity contribution in [2.24, 2.45) is 0 Å². The first-order chi connectivity index (χ1) is 13.4. The van der Waals surface area contributed by atoms with Gasteiger partial charge in [0, 0.05) is 28.9 Å². The maximum Gasteiger partial charge on any atom is 0.417 e.